The molecule has 1 aromatic carbocycles. The van der Waals surface area contributed by atoms with Crippen molar-refractivity contribution in [3.63, 3.8) is 0 Å². The fourth-order valence-electron chi connectivity index (χ4n) is 2.11. The summed E-state index contributed by atoms with van der Waals surface area (Å²) in [5, 5.41) is 12.0. The average molecular weight is 285 g/mol. The fourth-order valence-corrected chi connectivity index (χ4v) is 2.11. The maximum absolute atomic E-state index is 10.7. The summed E-state index contributed by atoms with van der Waals surface area (Å²) in [6.07, 6.45) is 1.52. The second-order valence-corrected chi connectivity index (χ2v) is 4.58. The number of carboxylic acid groups (broad SMARTS) is 1. The highest BCUT2D eigenvalue weighted by atomic mass is 16.4. The number of aromatic nitrogens is 1. The second-order valence-electron chi connectivity index (χ2n) is 4.58. The molecule has 0 bridgehead atoms. The van der Waals surface area contributed by atoms with Gasteiger partial charge in [0, 0.05) is 24.5 Å². The van der Waals surface area contributed by atoms with Gasteiger partial charge in [-0.05, 0) is 50.2 Å². The third-order valence-corrected chi connectivity index (χ3v) is 3.27. The predicted molar refractivity (Wildman–Crippen MR) is 84.5 cm³/mol. The SMILES string of the molecule is CCN(CC)c1ccc(Nc2ccc(C(=O)O)nc2)cc1. The highest BCUT2D eigenvalue weighted by molar-refractivity contribution is 5.85. The standard InChI is InChI=1S/C16H19N3O2/c1-3-19(4-2)14-8-5-12(6-9-14)18-13-7-10-15(16(20)21)17-11-13/h5-11,18H,3-4H2,1-2H3,(H,20,21). The monoisotopic (exact) mass is 285 g/mol. The van der Waals surface area contributed by atoms with Gasteiger partial charge in [-0.25, -0.2) is 9.78 Å². The van der Waals surface area contributed by atoms with E-state index in [9.17, 15) is 4.79 Å². The molecule has 0 aliphatic heterocycles. The minimum Gasteiger partial charge on any atom is -0.477 e. The summed E-state index contributed by atoms with van der Waals surface area (Å²) >= 11 is 0. The van der Waals surface area contributed by atoms with Crippen molar-refractivity contribution in [1.82, 2.24) is 4.98 Å². The van der Waals surface area contributed by atoms with Crippen LogP contribution < -0.4 is 10.2 Å². The second kappa shape index (κ2) is 6.74. The Morgan fingerprint density at radius 1 is 1.10 bits per heavy atom. The quantitative estimate of drug-likeness (QED) is 0.852. The van der Waals surface area contributed by atoms with Gasteiger partial charge in [0.15, 0.2) is 0 Å². The molecule has 110 valence electrons. The van der Waals surface area contributed by atoms with Crippen LogP contribution >= 0.6 is 0 Å². The first kappa shape index (κ1) is 14.8. The Hall–Kier alpha value is -2.56. The number of benzene rings is 1. The zero-order valence-electron chi connectivity index (χ0n) is 12.2. The van der Waals surface area contributed by atoms with Gasteiger partial charge in [0.25, 0.3) is 0 Å². The zero-order chi connectivity index (χ0) is 15.2. The molecule has 0 amide bonds. The van der Waals surface area contributed by atoms with Crippen LogP contribution in [-0.2, 0) is 0 Å². The van der Waals surface area contributed by atoms with Crippen LogP contribution in [0.4, 0.5) is 17.1 Å². The van der Waals surface area contributed by atoms with Crippen LogP contribution in [0.1, 0.15) is 24.3 Å². The van der Waals surface area contributed by atoms with Crippen LogP contribution in [0, 0.1) is 0 Å². The van der Waals surface area contributed by atoms with E-state index in [2.05, 4.69) is 41.2 Å². The summed E-state index contributed by atoms with van der Waals surface area (Å²) < 4.78 is 0. The molecular weight excluding hydrogens is 266 g/mol. The number of rotatable bonds is 6. The molecule has 5 heteroatoms. The van der Waals surface area contributed by atoms with Crippen molar-refractivity contribution in [2.75, 3.05) is 23.3 Å². The van der Waals surface area contributed by atoms with Crippen molar-refractivity contribution in [3.05, 3.63) is 48.3 Å². The first-order valence-electron chi connectivity index (χ1n) is 6.95. The van der Waals surface area contributed by atoms with Gasteiger partial charge in [-0.2, -0.15) is 0 Å². The molecule has 0 aliphatic rings. The van der Waals surface area contributed by atoms with Crippen molar-refractivity contribution >= 4 is 23.0 Å². The van der Waals surface area contributed by atoms with Gasteiger partial charge < -0.3 is 15.3 Å². The van der Waals surface area contributed by atoms with Crippen molar-refractivity contribution in [2.24, 2.45) is 0 Å². The third-order valence-electron chi connectivity index (χ3n) is 3.27. The molecule has 0 fully saturated rings. The van der Waals surface area contributed by atoms with E-state index >= 15 is 0 Å². The van der Waals surface area contributed by atoms with Crippen LogP contribution in [0.5, 0.6) is 0 Å². The van der Waals surface area contributed by atoms with E-state index in [0.717, 1.165) is 24.5 Å². The van der Waals surface area contributed by atoms with Gasteiger partial charge in [-0.3, -0.25) is 0 Å². The lowest BCUT2D eigenvalue weighted by Gasteiger charge is -2.21. The number of nitrogens with one attached hydrogen (secondary N) is 1. The lowest BCUT2D eigenvalue weighted by atomic mass is 10.2. The van der Waals surface area contributed by atoms with E-state index in [0.29, 0.717) is 0 Å². The minimum absolute atomic E-state index is 0.0393. The first-order chi connectivity index (χ1) is 10.1. The number of carboxylic acids is 1. The largest absolute Gasteiger partial charge is 0.477 e. The number of pyridine rings is 1. The van der Waals surface area contributed by atoms with Gasteiger partial charge in [0.05, 0.1) is 11.9 Å². The van der Waals surface area contributed by atoms with E-state index in [-0.39, 0.29) is 5.69 Å². The molecule has 2 aromatic rings. The van der Waals surface area contributed by atoms with Crippen molar-refractivity contribution in [3.8, 4) is 0 Å². The molecule has 5 nitrogen and oxygen atoms in total. The summed E-state index contributed by atoms with van der Waals surface area (Å²) in [4.78, 5) is 16.9. The summed E-state index contributed by atoms with van der Waals surface area (Å²) in [7, 11) is 0. The van der Waals surface area contributed by atoms with Crippen LogP contribution in [0.2, 0.25) is 0 Å². The molecule has 2 rings (SSSR count). The summed E-state index contributed by atoms with van der Waals surface area (Å²) in [5.74, 6) is -1.02. The summed E-state index contributed by atoms with van der Waals surface area (Å²) in [5.41, 5.74) is 2.92. The van der Waals surface area contributed by atoms with Crippen LogP contribution in [-0.4, -0.2) is 29.1 Å². The van der Waals surface area contributed by atoms with Crippen molar-refractivity contribution < 1.29 is 9.90 Å². The molecule has 0 aliphatic carbocycles. The van der Waals surface area contributed by atoms with Crippen molar-refractivity contribution in [2.45, 2.75) is 13.8 Å². The molecule has 0 radical (unpaired) electrons. The molecule has 0 atom stereocenters. The maximum Gasteiger partial charge on any atom is 0.354 e. The summed E-state index contributed by atoms with van der Waals surface area (Å²) in [6.45, 7) is 6.21. The molecule has 0 saturated heterocycles. The average Bonchev–Trinajstić information content (AvgIpc) is 2.51. The first-order valence-corrected chi connectivity index (χ1v) is 6.95. The molecule has 1 aromatic heterocycles. The number of anilines is 3. The van der Waals surface area contributed by atoms with Gasteiger partial charge in [-0.1, -0.05) is 0 Å². The minimum atomic E-state index is -1.02. The lowest BCUT2D eigenvalue weighted by Crippen LogP contribution is -2.21. The Morgan fingerprint density at radius 3 is 2.19 bits per heavy atom. The lowest BCUT2D eigenvalue weighted by molar-refractivity contribution is 0.0690. The fraction of sp³-hybridized carbons (Fsp3) is 0.250. The van der Waals surface area contributed by atoms with Crippen molar-refractivity contribution in [1.29, 1.82) is 0 Å². The molecule has 1 heterocycles. The van der Waals surface area contributed by atoms with E-state index in [4.69, 9.17) is 5.11 Å². The Balaban J connectivity index is 2.07. The van der Waals surface area contributed by atoms with Gasteiger partial charge in [-0.15, -0.1) is 0 Å². The Bertz CT molecular complexity index is 590. The Kier molecular flexibility index (Phi) is 4.77. The van der Waals surface area contributed by atoms with E-state index in [1.807, 2.05) is 12.1 Å². The number of hydrogen-bond donors (Lipinski definition) is 2. The topological polar surface area (TPSA) is 65.5 Å². The van der Waals surface area contributed by atoms with Crippen LogP contribution in [0.25, 0.3) is 0 Å². The highest BCUT2D eigenvalue weighted by Gasteiger charge is 2.04. The molecule has 0 unspecified atom stereocenters. The molecule has 21 heavy (non-hydrogen) atoms. The van der Waals surface area contributed by atoms with Gasteiger partial charge in [0.1, 0.15) is 5.69 Å². The van der Waals surface area contributed by atoms with Gasteiger partial charge in [0.2, 0.25) is 0 Å². The summed E-state index contributed by atoms with van der Waals surface area (Å²) in [6, 6.07) is 11.3. The maximum atomic E-state index is 10.7. The van der Waals surface area contributed by atoms with Gasteiger partial charge >= 0.3 is 5.97 Å². The van der Waals surface area contributed by atoms with E-state index < -0.39 is 5.97 Å². The molecular formula is C16H19N3O2. The van der Waals surface area contributed by atoms with Crippen LogP contribution in [0.3, 0.4) is 0 Å². The normalized spacial score (nSPS) is 10.2. The smallest absolute Gasteiger partial charge is 0.354 e. The molecule has 0 spiro atoms. The molecule has 2 N–H and O–H groups in total. The zero-order valence-corrected chi connectivity index (χ0v) is 12.2. The van der Waals surface area contributed by atoms with Crippen LogP contribution in [0.15, 0.2) is 42.6 Å². The number of nitrogens with zero attached hydrogens (tertiary/aromatic N) is 2. The van der Waals surface area contributed by atoms with E-state index in [1.165, 1.54) is 18.0 Å². The highest BCUT2D eigenvalue weighted by Crippen LogP contribution is 2.20. The predicted octanol–water partition coefficient (Wildman–Crippen LogP) is 3.37. The number of carbonyl (C=O) groups is 1. The molecule has 0 saturated carbocycles. The number of hydrogen-bond acceptors (Lipinski definition) is 4. The Labute approximate surface area is 124 Å². The third kappa shape index (κ3) is 3.72. The van der Waals surface area contributed by atoms with E-state index in [1.54, 1.807) is 6.07 Å². The Morgan fingerprint density at radius 2 is 1.71 bits per heavy atom. The number of aromatic carboxylic acids is 1.